The van der Waals surface area contributed by atoms with Crippen LogP contribution in [-0.2, 0) is 34.0 Å². The number of nitrogens with zero attached hydrogens (tertiary/aromatic N) is 5. The molecule has 0 bridgehead atoms. The summed E-state index contributed by atoms with van der Waals surface area (Å²) in [5.74, 6) is -2.41. The summed E-state index contributed by atoms with van der Waals surface area (Å²) in [6, 6.07) is 22.1. The van der Waals surface area contributed by atoms with Crippen LogP contribution in [0.2, 0.25) is 0 Å². The monoisotopic (exact) mass is 1120 g/mol. The molecular formula is C62H70F5N5O9. The van der Waals surface area contributed by atoms with Gasteiger partial charge in [-0.05, 0) is 153 Å². The van der Waals surface area contributed by atoms with Crippen LogP contribution in [0.4, 0.5) is 47.7 Å². The first kappa shape index (κ1) is 62.3. The van der Waals surface area contributed by atoms with Gasteiger partial charge in [0.2, 0.25) is 0 Å². The van der Waals surface area contributed by atoms with E-state index < -0.39 is 45.9 Å². The van der Waals surface area contributed by atoms with Crippen LogP contribution in [0.3, 0.4) is 0 Å². The highest BCUT2D eigenvalue weighted by atomic mass is 19.1. The largest absolute Gasteiger partial charge is 0.486 e. The quantitative estimate of drug-likeness (QED) is 0.0823. The number of likely N-dealkylation sites (tertiary alicyclic amines) is 3. The zero-order valence-corrected chi connectivity index (χ0v) is 47.2. The fourth-order valence-electron chi connectivity index (χ4n) is 9.13. The van der Waals surface area contributed by atoms with E-state index in [-0.39, 0.29) is 78.7 Å². The van der Waals surface area contributed by atoms with Gasteiger partial charge in [0.25, 0.3) is 0 Å². The van der Waals surface area contributed by atoms with Gasteiger partial charge in [0.15, 0.2) is 34.5 Å². The summed E-state index contributed by atoms with van der Waals surface area (Å²) >= 11 is 0. The molecule has 19 heteroatoms. The zero-order valence-electron chi connectivity index (χ0n) is 47.2. The predicted octanol–water partition coefficient (Wildman–Crippen LogP) is 14.7. The molecule has 0 radical (unpaired) electrons. The number of hydrogen-bond acceptors (Lipinski definition) is 9. The minimum absolute atomic E-state index is 0.0378. The number of ether oxygens (including phenoxy) is 5. The lowest BCUT2D eigenvalue weighted by Gasteiger charge is -2.24. The Bertz CT molecular complexity index is 2970. The van der Waals surface area contributed by atoms with Crippen molar-refractivity contribution in [3.8, 4) is 11.5 Å². The van der Waals surface area contributed by atoms with E-state index in [1.165, 1.54) is 42.5 Å². The summed E-state index contributed by atoms with van der Waals surface area (Å²) < 4.78 is 97.0. The maximum Gasteiger partial charge on any atom is 0.410 e. The first-order chi connectivity index (χ1) is 38.1. The van der Waals surface area contributed by atoms with Crippen molar-refractivity contribution in [1.82, 2.24) is 14.7 Å². The van der Waals surface area contributed by atoms with Crippen molar-refractivity contribution in [3.05, 3.63) is 176 Å². The van der Waals surface area contributed by atoms with E-state index in [2.05, 4.69) is 9.69 Å². The molecular weight excluding hydrogens is 1050 g/mol. The van der Waals surface area contributed by atoms with Gasteiger partial charge in [0.1, 0.15) is 47.5 Å². The van der Waals surface area contributed by atoms with Gasteiger partial charge in [-0.25, -0.2) is 46.0 Å². The van der Waals surface area contributed by atoms with Crippen molar-refractivity contribution in [2.45, 2.75) is 136 Å². The molecule has 3 aliphatic rings. The number of hydrogen-bond donors (Lipinski definition) is 1. The van der Waals surface area contributed by atoms with Gasteiger partial charge in [0, 0.05) is 73.7 Å². The third-order valence-corrected chi connectivity index (χ3v) is 13.2. The summed E-state index contributed by atoms with van der Waals surface area (Å²) in [7, 11) is 0. The standard InChI is InChI=1S/2C23H24F2N2O3.C16H22FNO3/c2*1-23(2,3)30-22(28)27-10-9-16(13-27)15-5-7-19(24)17(11-15)14-29-21-8-6-18(26-4)12-20(21)25;1-16(2,3)21-15(20)18-7-6-12(9-18)11-4-5-14(17)13(8-11)10-19/h2*5-8,11-12,16H,9-10,13-14H2,1-3H3;4-5,8,12,19H,6-7,9-10H2,1-3H3/t2*16-;/m10./s1. The molecule has 81 heavy (non-hydrogen) atoms. The number of carbonyl (C=O) groups is 3. The van der Waals surface area contributed by atoms with Crippen molar-refractivity contribution in [2.75, 3.05) is 39.3 Å². The summed E-state index contributed by atoms with van der Waals surface area (Å²) in [6.07, 6.45) is 1.29. The number of benzene rings is 5. The van der Waals surface area contributed by atoms with Crippen LogP contribution in [0.15, 0.2) is 91.0 Å². The fourth-order valence-corrected chi connectivity index (χ4v) is 9.13. The molecule has 0 saturated carbocycles. The third kappa shape index (κ3) is 18.3. The average molecular weight is 1120 g/mol. The zero-order chi connectivity index (χ0) is 59.4. The van der Waals surface area contributed by atoms with Crippen molar-refractivity contribution < 1.29 is 65.1 Å². The Balaban J connectivity index is 0.000000199. The van der Waals surface area contributed by atoms with E-state index >= 15 is 0 Å². The molecule has 0 aliphatic carbocycles. The van der Waals surface area contributed by atoms with Gasteiger partial charge >= 0.3 is 18.3 Å². The Morgan fingerprint density at radius 3 is 1.07 bits per heavy atom. The second-order valence-electron chi connectivity index (χ2n) is 23.0. The van der Waals surface area contributed by atoms with Crippen molar-refractivity contribution >= 4 is 29.7 Å². The molecule has 5 aromatic rings. The first-order valence-corrected chi connectivity index (χ1v) is 26.6. The Hall–Kier alpha value is -7.90. The summed E-state index contributed by atoms with van der Waals surface area (Å²) in [4.78, 5) is 47.9. The van der Waals surface area contributed by atoms with Gasteiger partial charge in [-0.2, -0.15) is 0 Å². The van der Waals surface area contributed by atoms with Gasteiger partial charge in [0.05, 0.1) is 19.8 Å². The SMILES string of the molecule is CC(C)(C)OC(=O)N1CCC(c2ccc(F)c(CO)c2)C1.[C-]#[N+]c1ccc(OCc2cc([C@@H]3CCN(C(=O)OC(C)(C)C)C3)ccc2F)c(F)c1.[C-]#[N+]c1ccc(OCc2cc([C@H]3CCN(C(=O)OC(C)(C)C)C3)ccc2F)c(F)c1. The topological polar surface area (TPSA) is 136 Å². The lowest BCUT2D eigenvalue weighted by molar-refractivity contribution is 0.0282. The molecule has 3 saturated heterocycles. The molecule has 0 aromatic heterocycles. The highest BCUT2D eigenvalue weighted by molar-refractivity contribution is 5.70. The summed E-state index contributed by atoms with van der Waals surface area (Å²) in [5, 5.41) is 9.13. The highest BCUT2D eigenvalue weighted by Gasteiger charge is 2.34. The molecule has 8 rings (SSSR count). The van der Waals surface area contributed by atoms with E-state index in [4.69, 9.17) is 41.9 Å². The van der Waals surface area contributed by atoms with E-state index in [0.717, 1.165) is 48.1 Å². The van der Waals surface area contributed by atoms with Gasteiger partial charge in [-0.1, -0.05) is 36.4 Å². The van der Waals surface area contributed by atoms with E-state index in [0.29, 0.717) is 56.0 Å². The van der Waals surface area contributed by atoms with Crippen LogP contribution in [0.5, 0.6) is 11.5 Å². The normalized spacial score (nSPS) is 17.0. The Labute approximate surface area is 470 Å². The Morgan fingerprint density at radius 2 is 0.790 bits per heavy atom. The molecule has 3 amide bonds. The lowest BCUT2D eigenvalue weighted by atomic mass is 9.96. The van der Waals surface area contributed by atoms with Crippen LogP contribution in [0, 0.1) is 42.2 Å². The molecule has 3 aliphatic heterocycles. The number of rotatable bonds is 10. The Kier molecular flexibility index (Phi) is 20.8. The van der Waals surface area contributed by atoms with Crippen LogP contribution < -0.4 is 9.47 Å². The van der Waals surface area contributed by atoms with Gasteiger partial charge in [-0.15, -0.1) is 0 Å². The summed E-state index contributed by atoms with van der Waals surface area (Å²) in [6.45, 7) is 33.0. The van der Waals surface area contributed by atoms with Gasteiger partial charge in [-0.3, -0.25) is 0 Å². The number of amides is 3. The van der Waals surface area contributed by atoms with Crippen molar-refractivity contribution in [1.29, 1.82) is 0 Å². The molecule has 3 fully saturated rings. The smallest absolute Gasteiger partial charge is 0.410 e. The molecule has 1 N–H and O–H groups in total. The third-order valence-electron chi connectivity index (χ3n) is 13.2. The number of carbonyl (C=O) groups excluding carboxylic acids is 3. The Morgan fingerprint density at radius 1 is 0.481 bits per heavy atom. The van der Waals surface area contributed by atoms with Crippen molar-refractivity contribution in [2.24, 2.45) is 0 Å². The average Bonchev–Trinajstić information content (AvgIpc) is 4.27. The minimum atomic E-state index is -0.663. The lowest BCUT2D eigenvalue weighted by Crippen LogP contribution is -2.35. The minimum Gasteiger partial charge on any atom is -0.486 e. The number of halogens is 5. The van der Waals surface area contributed by atoms with E-state index in [9.17, 15) is 36.3 Å². The number of aliphatic hydroxyl groups is 1. The van der Waals surface area contributed by atoms with Crippen molar-refractivity contribution in [3.63, 3.8) is 0 Å². The van der Waals surface area contributed by atoms with Crippen LogP contribution >= 0.6 is 0 Å². The van der Waals surface area contributed by atoms with E-state index in [1.54, 1.807) is 51.1 Å². The fraction of sp³-hybridized carbons (Fsp3) is 0.435. The molecule has 14 nitrogen and oxygen atoms in total. The molecule has 5 aromatic carbocycles. The number of aliphatic hydroxyl groups excluding tert-OH is 1. The van der Waals surface area contributed by atoms with Gasteiger partial charge < -0.3 is 43.5 Å². The summed E-state index contributed by atoms with van der Waals surface area (Å²) in [5.41, 5.74) is 2.36. The second-order valence-corrected chi connectivity index (χ2v) is 23.0. The molecule has 0 spiro atoms. The molecule has 432 valence electrons. The van der Waals surface area contributed by atoms with Crippen LogP contribution in [0.1, 0.15) is 133 Å². The molecule has 3 heterocycles. The van der Waals surface area contributed by atoms with Crippen LogP contribution in [-0.4, -0.2) is 94.2 Å². The first-order valence-electron chi connectivity index (χ1n) is 26.6. The molecule has 1 unspecified atom stereocenters. The molecule has 3 atom stereocenters. The second kappa shape index (κ2) is 27.0. The maximum atomic E-state index is 14.3. The van der Waals surface area contributed by atoms with Crippen LogP contribution in [0.25, 0.3) is 9.69 Å². The van der Waals surface area contributed by atoms with E-state index in [1.807, 2.05) is 62.3 Å². The maximum absolute atomic E-state index is 14.3. The predicted molar refractivity (Wildman–Crippen MR) is 295 cm³/mol. The highest BCUT2D eigenvalue weighted by Crippen LogP contribution is 2.34.